The van der Waals surface area contributed by atoms with E-state index in [1.54, 1.807) is 0 Å². The van der Waals surface area contributed by atoms with Gasteiger partial charge < -0.3 is 9.88 Å². The van der Waals surface area contributed by atoms with Gasteiger partial charge in [0.2, 0.25) is 0 Å². The van der Waals surface area contributed by atoms with Crippen molar-refractivity contribution in [1.82, 2.24) is 19.7 Å². The van der Waals surface area contributed by atoms with Crippen LogP contribution in [0.25, 0.3) is 10.9 Å². The van der Waals surface area contributed by atoms with Crippen molar-refractivity contribution in [2.75, 3.05) is 6.54 Å². The Morgan fingerprint density at radius 1 is 1.35 bits per heavy atom. The first kappa shape index (κ1) is 16.8. The molecule has 26 heavy (non-hydrogen) atoms. The van der Waals surface area contributed by atoms with Gasteiger partial charge in [0.25, 0.3) is 5.91 Å². The van der Waals surface area contributed by atoms with Crippen molar-refractivity contribution in [2.45, 2.75) is 39.3 Å². The monoisotopic (exact) mass is 358 g/mol. The van der Waals surface area contributed by atoms with Crippen LogP contribution in [-0.2, 0) is 19.4 Å². The highest BCUT2D eigenvalue weighted by Crippen LogP contribution is 2.32. The Labute approximate surface area is 149 Å². The number of hydrogen-bond acceptors (Lipinski definition) is 2. The summed E-state index contributed by atoms with van der Waals surface area (Å²) in [4.78, 5) is 12.1. The molecule has 0 spiro atoms. The molecule has 0 fully saturated rings. The van der Waals surface area contributed by atoms with Gasteiger partial charge in [-0.2, -0.15) is 13.9 Å². The van der Waals surface area contributed by atoms with Gasteiger partial charge in [-0.3, -0.25) is 4.79 Å². The second kappa shape index (κ2) is 6.55. The highest BCUT2D eigenvalue weighted by molar-refractivity contribution is 5.92. The number of aryl methyl sites for hydroxylation is 2. The molecule has 1 aliphatic heterocycles. The third kappa shape index (κ3) is 2.77. The van der Waals surface area contributed by atoms with E-state index in [0.717, 1.165) is 25.6 Å². The number of carbonyl (C=O) groups is 1. The quantitative estimate of drug-likeness (QED) is 0.759. The molecule has 136 valence electrons. The number of aromatic nitrogens is 3. The maximum absolute atomic E-state index is 12.5. The van der Waals surface area contributed by atoms with Crippen LogP contribution in [-0.4, -0.2) is 26.8 Å². The Morgan fingerprint density at radius 3 is 2.96 bits per heavy atom. The Balaban J connectivity index is 1.49. The molecule has 0 aliphatic carbocycles. The lowest BCUT2D eigenvalue weighted by Crippen LogP contribution is -2.26. The molecule has 1 aliphatic rings. The molecule has 2 aromatic heterocycles. The van der Waals surface area contributed by atoms with E-state index in [2.05, 4.69) is 40.1 Å². The molecule has 3 heterocycles. The number of halogens is 2. The largest absolute Gasteiger partial charge is 0.350 e. The summed E-state index contributed by atoms with van der Waals surface area (Å²) in [5.41, 5.74) is 5.17. The molecule has 0 atom stereocenters. The summed E-state index contributed by atoms with van der Waals surface area (Å²) in [7, 11) is 0. The predicted molar refractivity (Wildman–Crippen MR) is 94.5 cm³/mol. The van der Waals surface area contributed by atoms with E-state index in [-0.39, 0.29) is 5.69 Å². The number of alkyl halides is 2. The summed E-state index contributed by atoms with van der Waals surface area (Å²) < 4.78 is 27.9. The lowest BCUT2D eigenvalue weighted by atomic mass is 10.0. The highest BCUT2D eigenvalue weighted by Gasteiger charge is 2.19. The van der Waals surface area contributed by atoms with Crippen molar-refractivity contribution >= 4 is 16.8 Å². The maximum Gasteiger partial charge on any atom is 0.333 e. The van der Waals surface area contributed by atoms with Crippen molar-refractivity contribution < 1.29 is 13.6 Å². The maximum atomic E-state index is 12.5. The van der Waals surface area contributed by atoms with Gasteiger partial charge in [-0.1, -0.05) is 18.2 Å². The zero-order chi connectivity index (χ0) is 18.3. The van der Waals surface area contributed by atoms with E-state index in [0.29, 0.717) is 17.6 Å². The number of hydrogen-bond donors (Lipinski definition) is 1. The lowest BCUT2D eigenvalue weighted by molar-refractivity contribution is 0.0560. The van der Waals surface area contributed by atoms with Gasteiger partial charge in [-0.25, -0.2) is 4.68 Å². The summed E-state index contributed by atoms with van der Waals surface area (Å²) in [6, 6.07) is 7.71. The van der Waals surface area contributed by atoms with Gasteiger partial charge in [-0.05, 0) is 43.4 Å². The van der Waals surface area contributed by atoms with E-state index in [4.69, 9.17) is 0 Å². The molecule has 1 amide bonds. The van der Waals surface area contributed by atoms with Crippen LogP contribution in [0.4, 0.5) is 8.78 Å². The first-order valence-corrected chi connectivity index (χ1v) is 8.77. The molecule has 0 unspecified atom stereocenters. The zero-order valence-corrected chi connectivity index (χ0v) is 14.5. The first-order chi connectivity index (χ1) is 12.6. The van der Waals surface area contributed by atoms with Gasteiger partial charge >= 0.3 is 6.55 Å². The number of para-hydroxylation sites is 1. The fraction of sp³-hybridized carbons (Fsp3) is 0.368. The Bertz CT molecular complexity index is 973. The molecule has 1 N–H and O–H groups in total. The third-order valence-electron chi connectivity index (χ3n) is 5.09. The number of nitrogens with one attached hydrogen (secondary N) is 1. The Hall–Kier alpha value is -2.70. The standard InChI is InChI=1S/C19H20F2N4O/c1-12-14(15-6-2-4-13-5-3-10-24(12)17(13)15)7-9-22-18(26)16-8-11-25(23-16)19(20)21/h2,4,6,8,11,19H,3,5,7,9-10H2,1H3,(H,22,26). The van der Waals surface area contributed by atoms with Crippen molar-refractivity contribution in [3.8, 4) is 0 Å². The van der Waals surface area contributed by atoms with Crippen LogP contribution in [0, 0.1) is 6.92 Å². The molecule has 0 bridgehead atoms. The van der Waals surface area contributed by atoms with E-state index < -0.39 is 12.5 Å². The van der Waals surface area contributed by atoms with Gasteiger partial charge in [-0.15, -0.1) is 0 Å². The minimum atomic E-state index is -2.74. The number of nitrogens with zero attached hydrogens (tertiary/aromatic N) is 3. The van der Waals surface area contributed by atoms with Gasteiger partial charge in [0.05, 0.1) is 5.52 Å². The second-order valence-electron chi connectivity index (χ2n) is 6.60. The number of benzene rings is 1. The fourth-order valence-electron chi connectivity index (χ4n) is 3.86. The van der Waals surface area contributed by atoms with E-state index in [1.807, 2.05) is 0 Å². The molecule has 4 rings (SSSR count). The fourth-order valence-corrected chi connectivity index (χ4v) is 3.86. The number of amides is 1. The van der Waals surface area contributed by atoms with Crippen LogP contribution < -0.4 is 5.32 Å². The molecule has 0 radical (unpaired) electrons. The van der Waals surface area contributed by atoms with Crippen molar-refractivity contribution in [3.05, 3.63) is 53.0 Å². The summed E-state index contributed by atoms with van der Waals surface area (Å²) in [6.45, 7) is 0.840. The summed E-state index contributed by atoms with van der Waals surface area (Å²) in [5.74, 6) is -0.434. The minimum absolute atomic E-state index is 0.00431. The first-order valence-electron chi connectivity index (χ1n) is 8.77. The topological polar surface area (TPSA) is 51.9 Å². The Kier molecular flexibility index (Phi) is 4.22. The predicted octanol–water partition coefficient (Wildman–Crippen LogP) is 3.46. The van der Waals surface area contributed by atoms with Crippen LogP contribution in [0.1, 0.15) is 40.3 Å². The van der Waals surface area contributed by atoms with Crippen LogP contribution in [0.15, 0.2) is 30.5 Å². The summed E-state index contributed by atoms with van der Waals surface area (Å²) in [6.07, 6.45) is 4.04. The van der Waals surface area contributed by atoms with Gasteiger partial charge in [0.15, 0.2) is 0 Å². The average molecular weight is 358 g/mol. The number of rotatable bonds is 5. The van der Waals surface area contributed by atoms with Crippen LogP contribution in [0.3, 0.4) is 0 Å². The van der Waals surface area contributed by atoms with E-state index in [1.165, 1.54) is 33.8 Å². The van der Waals surface area contributed by atoms with Crippen molar-refractivity contribution in [3.63, 3.8) is 0 Å². The average Bonchev–Trinajstić information content (AvgIpc) is 3.23. The molecule has 5 nitrogen and oxygen atoms in total. The summed E-state index contributed by atoms with van der Waals surface area (Å²) >= 11 is 0. The van der Waals surface area contributed by atoms with Crippen molar-refractivity contribution in [2.24, 2.45) is 0 Å². The smallest absolute Gasteiger partial charge is 0.333 e. The normalized spacial score (nSPS) is 13.5. The molecular weight excluding hydrogens is 338 g/mol. The molecule has 0 saturated carbocycles. The lowest BCUT2D eigenvalue weighted by Gasteiger charge is -2.16. The molecular formula is C19H20F2N4O. The third-order valence-corrected chi connectivity index (χ3v) is 5.09. The van der Waals surface area contributed by atoms with Crippen LogP contribution in [0.2, 0.25) is 0 Å². The number of carbonyl (C=O) groups excluding carboxylic acids is 1. The molecule has 3 aromatic rings. The SMILES string of the molecule is Cc1c(CCNC(=O)c2ccn(C(F)F)n2)c2cccc3c2n1CCC3. The molecule has 1 aromatic carbocycles. The van der Waals surface area contributed by atoms with E-state index in [9.17, 15) is 13.6 Å². The Morgan fingerprint density at radius 2 is 2.19 bits per heavy atom. The second-order valence-corrected chi connectivity index (χ2v) is 6.60. The molecule has 0 saturated heterocycles. The van der Waals surface area contributed by atoms with Crippen molar-refractivity contribution in [1.29, 1.82) is 0 Å². The summed E-state index contributed by atoms with van der Waals surface area (Å²) in [5, 5.41) is 7.62. The highest BCUT2D eigenvalue weighted by atomic mass is 19.3. The molecule has 7 heteroatoms. The zero-order valence-electron chi connectivity index (χ0n) is 14.5. The van der Waals surface area contributed by atoms with Gasteiger partial charge in [0, 0.05) is 30.4 Å². The van der Waals surface area contributed by atoms with Crippen LogP contribution in [0.5, 0.6) is 0 Å². The van der Waals surface area contributed by atoms with Gasteiger partial charge in [0.1, 0.15) is 5.69 Å². The minimum Gasteiger partial charge on any atom is -0.350 e. The van der Waals surface area contributed by atoms with Crippen LogP contribution >= 0.6 is 0 Å². The van der Waals surface area contributed by atoms with E-state index >= 15 is 0 Å².